The smallest absolute Gasteiger partial charge is 0.391 e. The van der Waals surface area contributed by atoms with Crippen molar-refractivity contribution in [1.29, 1.82) is 0 Å². The third kappa shape index (κ3) is 5.71. The first kappa shape index (κ1) is 18.6. The van der Waals surface area contributed by atoms with Gasteiger partial charge >= 0.3 is 6.18 Å². The Morgan fingerprint density at radius 3 is 2.52 bits per heavy atom. The van der Waals surface area contributed by atoms with Crippen molar-refractivity contribution < 1.29 is 23.0 Å². The van der Waals surface area contributed by atoms with Gasteiger partial charge in [-0.1, -0.05) is 18.0 Å². The highest BCUT2D eigenvalue weighted by molar-refractivity contribution is 4.81. The number of rotatable bonds is 7. The molecule has 0 bridgehead atoms. The third-order valence-electron chi connectivity index (χ3n) is 5.25. The van der Waals surface area contributed by atoms with E-state index in [0.717, 1.165) is 25.7 Å². The summed E-state index contributed by atoms with van der Waals surface area (Å²) in [5.74, 6) is -1.08. The van der Waals surface area contributed by atoms with Crippen LogP contribution in [-0.2, 0) is 4.74 Å². The second-order valence-corrected chi connectivity index (χ2v) is 6.96. The molecule has 0 heterocycles. The van der Waals surface area contributed by atoms with E-state index in [2.05, 4.69) is 5.18 Å². The zero-order chi connectivity index (χ0) is 16.9. The molecule has 4 nitrogen and oxygen atoms in total. The fourth-order valence-corrected chi connectivity index (χ4v) is 3.77. The van der Waals surface area contributed by atoms with Crippen molar-refractivity contribution in [2.24, 2.45) is 17.0 Å². The minimum atomic E-state index is -4.16. The Hall–Kier alpha value is -0.690. The lowest BCUT2D eigenvalue weighted by Crippen LogP contribution is -2.33. The second kappa shape index (κ2) is 8.42. The first-order chi connectivity index (χ1) is 10.9. The topological polar surface area (TPSA) is 58.9 Å². The van der Waals surface area contributed by atoms with Crippen LogP contribution < -0.4 is 0 Å². The predicted octanol–water partition coefficient (Wildman–Crippen LogP) is 4.20. The standard InChI is InChI=1S/C16H26F3NO3/c17-16(18,19)12-4-2-5-14(9-12)23-10-13(20-22)8-7-11-3-1-6-15(11)21/h11-15,21H,1-10H2/t11-,12?,13?,14?,15+/m0/s1. The van der Waals surface area contributed by atoms with Gasteiger partial charge in [-0.2, -0.15) is 18.1 Å². The van der Waals surface area contributed by atoms with E-state index >= 15 is 0 Å². The molecule has 0 aromatic carbocycles. The molecule has 0 aliphatic heterocycles. The van der Waals surface area contributed by atoms with Crippen molar-refractivity contribution in [3.05, 3.63) is 4.91 Å². The molecule has 2 aliphatic carbocycles. The van der Waals surface area contributed by atoms with Gasteiger partial charge in [-0.15, -0.1) is 0 Å². The lowest BCUT2D eigenvalue weighted by molar-refractivity contribution is -0.192. The van der Waals surface area contributed by atoms with Crippen LogP contribution in [0.15, 0.2) is 5.18 Å². The maximum Gasteiger partial charge on any atom is 0.391 e. The normalized spacial score (nSPS) is 33.6. The average Bonchev–Trinajstić information content (AvgIpc) is 2.92. The summed E-state index contributed by atoms with van der Waals surface area (Å²) in [6.45, 7) is 0.0849. The Morgan fingerprint density at radius 1 is 1.17 bits per heavy atom. The van der Waals surface area contributed by atoms with Crippen LogP contribution in [0.2, 0.25) is 0 Å². The lowest BCUT2D eigenvalue weighted by atomic mass is 9.86. The number of nitrogens with zero attached hydrogens (tertiary/aromatic N) is 1. The van der Waals surface area contributed by atoms with E-state index in [9.17, 15) is 23.2 Å². The molecule has 2 fully saturated rings. The van der Waals surface area contributed by atoms with Crippen LogP contribution in [0, 0.1) is 16.7 Å². The monoisotopic (exact) mass is 337 g/mol. The van der Waals surface area contributed by atoms with Crippen LogP contribution in [-0.4, -0.2) is 36.1 Å². The highest BCUT2D eigenvalue weighted by Crippen LogP contribution is 2.38. The zero-order valence-corrected chi connectivity index (χ0v) is 13.3. The van der Waals surface area contributed by atoms with Crippen LogP contribution in [0.25, 0.3) is 0 Å². The second-order valence-electron chi connectivity index (χ2n) is 6.96. The van der Waals surface area contributed by atoms with Crippen LogP contribution in [0.5, 0.6) is 0 Å². The fraction of sp³-hybridized carbons (Fsp3) is 1.00. The van der Waals surface area contributed by atoms with Crippen molar-refractivity contribution in [1.82, 2.24) is 0 Å². The van der Waals surface area contributed by atoms with E-state index in [-0.39, 0.29) is 31.5 Å². The van der Waals surface area contributed by atoms with Gasteiger partial charge < -0.3 is 9.84 Å². The maximum absolute atomic E-state index is 12.8. The molecule has 2 aliphatic rings. The van der Waals surface area contributed by atoms with Crippen LogP contribution >= 0.6 is 0 Å². The Balaban J connectivity index is 1.71. The van der Waals surface area contributed by atoms with Gasteiger partial charge in [0.25, 0.3) is 0 Å². The number of alkyl halides is 3. The molecule has 0 spiro atoms. The van der Waals surface area contributed by atoms with Crippen LogP contribution in [0.3, 0.4) is 0 Å². The number of halogens is 3. The number of ether oxygens (including phenoxy) is 1. The van der Waals surface area contributed by atoms with Gasteiger partial charge in [0, 0.05) is 0 Å². The minimum Gasteiger partial charge on any atom is -0.393 e. The van der Waals surface area contributed by atoms with Crippen LogP contribution in [0.4, 0.5) is 13.2 Å². The van der Waals surface area contributed by atoms with Crippen molar-refractivity contribution in [2.45, 2.75) is 82.2 Å². The molecule has 134 valence electrons. The summed E-state index contributed by atoms with van der Waals surface area (Å²) in [5, 5.41) is 12.8. The first-order valence-corrected chi connectivity index (χ1v) is 8.59. The summed E-state index contributed by atoms with van der Waals surface area (Å²) in [5.41, 5.74) is 0. The molecule has 2 rings (SSSR count). The Morgan fingerprint density at radius 2 is 1.91 bits per heavy atom. The molecule has 5 atom stereocenters. The van der Waals surface area contributed by atoms with Gasteiger partial charge in [0.15, 0.2) is 0 Å². The van der Waals surface area contributed by atoms with E-state index in [4.69, 9.17) is 4.74 Å². The molecule has 3 unspecified atom stereocenters. The van der Waals surface area contributed by atoms with E-state index in [1.54, 1.807) is 0 Å². The summed E-state index contributed by atoms with van der Waals surface area (Å²) < 4.78 is 43.8. The number of aliphatic hydroxyl groups is 1. The van der Waals surface area contributed by atoms with Gasteiger partial charge in [0.2, 0.25) is 0 Å². The molecular weight excluding hydrogens is 311 g/mol. The average molecular weight is 337 g/mol. The molecule has 0 radical (unpaired) electrons. The molecule has 7 heteroatoms. The summed E-state index contributed by atoms with van der Waals surface area (Å²) in [4.78, 5) is 10.9. The molecular formula is C16H26F3NO3. The van der Waals surface area contributed by atoms with Gasteiger partial charge in [-0.25, -0.2) is 0 Å². The maximum atomic E-state index is 12.8. The molecule has 0 aromatic rings. The van der Waals surface area contributed by atoms with Gasteiger partial charge in [0.1, 0.15) is 6.04 Å². The Labute approximate surface area is 134 Å². The fourth-order valence-electron chi connectivity index (χ4n) is 3.77. The SMILES string of the molecule is O=NC(CC[C@@H]1CCC[C@H]1O)COC1CCCC(C(F)(F)F)C1. The molecule has 1 N–H and O–H groups in total. The molecule has 0 aromatic heterocycles. The van der Waals surface area contributed by atoms with Crippen molar-refractivity contribution >= 4 is 0 Å². The quantitative estimate of drug-likeness (QED) is 0.708. The van der Waals surface area contributed by atoms with Crippen molar-refractivity contribution in [3.8, 4) is 0 Å². The molecule has 0 saturated heterocycles. The summed E-state index contributed by atoms with van der Waals surface area (Å²) in [7, 11) is 0. The highest BCUT2D eigenvalue weighted by Gasteiger charge is 2.42. The predicted molar refractivity (Wildman–Crippen MR) is 79.9 cm³/mol. The molecule has 0 amide bonds. The number of hydrogen-bond donors (Lipinski definition) is 1. The Kier molecular flexibility index (Phi) is 6.83. The van der Waals surface area contributed by atoms with Crippen molar-refractivity contribution in [2.75, 3.05) is 6.61 Å². The van der Waals surface area contributed by atoms with Gasteiger partial charge in [-0.3, -0.25) is 0 Å². The molecule has 2 saturated carbocycles. The van der Waals surface area contributed by atoms with E-state index < -0.39 is 24.2 Å². The van der Waals surface area contributed by atoms with E-state index in [0.29, 0.717) is 19.3 Å². The summed E-state index contributed by atoms with van der Waals surface area (Å²) in [6, 6.07) is -0.533. The Bertz CT molecular complexity index is 378. The third-order valence-corrected chi connectivity index (χ3v) is 5.25. The van der Waals surface area contributed by atoms with E-state index in [1.807, 2.05) is 0 Å². The minimum absolute atomic E-state index is 0.0174. The van der Waals surface area contributed by atoms with Gasteiger partial charge in [0.05, 0.1) is 24.7 Å². The largest absolute Gasteiger partial charge is 0.393 e. The first-order valence-electron chi connectivity index (χ1n) is 8.59. The number of hydrogen-bond acceptors (Lipinski definition) is 4. The van der Waals surface area contributed by atoms with Crippen LogP contribution in [0.1, 0.15) is 57.8 Å². The number of nitroso groups, excluding NO2 is 1. The highest BCUT2D eigenvalue weighted by atomic mass is 19.4. The van der Waals surface area contributed by atoms with E-state index in [1.165, 1.54) is 0 Å². The molecule has 23 heavy (non-hydrogen) atoms. The van der Waals surface area contributed by atoms with Crippen molar-refractivity contribution in [3.63, 3.8) is 0 Å². The van der Waals surface area contributed by atoms with Gasteiger partial charge in [-0.05, 0) is 50.9 Å². The number of aliphatic hydroxyl groups excluding tert-OH is 1. The summed E-state index contributed by atoms with van der Waals surface area (Å²) >= 11 is 0. The zero-order valence-electron chi connectivity index (χ0n) is 13.3. The lowest BCUT2D eigenvalue weighted by Gasteiger charge is -2.31. The summed E-state index contributed by atoms with van der Waals surface area (Å²) in [6.07, 6.45) is 0.384.